The number of ether oxygens (including phenoxy) is 1. The third-order valence-electron chi connectivity index (χ3n) is 3.85. The summed E-state index contributed by atoms with van der Waals surface area (Å²) in [4.78, 5) is 26.4. The summed E-state index contributed by atoms with van der Waals surface area (Å²) >= 11 is 12.0. The van der Waals surface area contributed by atoms with Crippen molar-refractivity contribution in [3.63, 3.8) is 0 Å². The van der Waals surface area contributed by atoms with Crippen molar-refractivity contribution in [2.45, 2.75) is 13.3 Å². The van der Waals surface area contributed by atoms with Gasteiger partial charge in [0, 0.05) is 17.6 Å². The maximum Gasteiger partial charge on any atom is 0.247 e. The highest BCUT2D eigenvalue weighted by Crippen LogP contribution is 2.25. The Hall–Kier alpha value is -2.50. The quantitative estimate of drug-likeness (QED) is 0.618. The third kappa shape index (κ3) is 6.59. The van der Waals surface area contributed by atoms with Crippen molar-refractivity contribution in [1.82, 2.24) is 4.90 Å². The van der Waals surface area contributed by atoms with Gasteiger partial charge in [-0.3, -0.25) is 9.59 Å². The molecule has 0 heterocycles. The number of hydrogen-bond acceptors (Lipinski definition) is 3. The average Bonchev–Trinajstić information content (AvgIpc) is 2.68. The van der Waals surface area contributed by atoms with Crippen LogP contribution in [0.25, 0.3) is 6.08 Å². The predicted octanol–water partition coefficient (Wildman–Crippen LogP) is 4.89. The van der Waals surface area contributed by atoms with Gasteiger partial charge in [0.2, 0.25) is 11.8 Å². The van der Waals surface area contributed by atoms with E-state index in [1.165, 1.54) is 11.0 Å². The molecule has 2 amide bonds. The highest BCUT2D eigenvalue weighted by Gasteiger charge is 2.15. The van der Waals surface area contributed by atoms with E-state index in [0.29, 0.717) is 28.0 Å². The van der Waals surface area contributed by atoms with Gasteiger partial charge in [0.05, 0.1) is 17.8 Å². The molecule has 2 aromatic rings. The minimum absolute atomic E-state index is 0.0854. The predicted molar refractivity (Wildman–Crippen MR) is 114 cm³/mol. The number of nitrogens with zero attached hydrogens (tertiary/aromatic N) is 1. The molecule has 0 radical (unpaired) electrons. The van der Waals surface area contributed by atoms with Crippen LogP contribution in [-0.4, -0.2) is 36.9 Å². The Bertz CT molecular complexity index is 868. The summed E-state index contributed by atoms with van der Waals surface area (Å²) in [5.41, 5.74) is 1.24. The molecule has 0 spiro atoms. The number of carbonyl (C=O) groups excluding carboxylic acids is 2. The van der Waals surface area contributed by atoms with E-state index >= 15 is 0 Å². The van der Waals surface area contributed by atoms with Crippen LogP contribution in [0, 0.1) is 0 Å². The minimum atomic E-state index is -0.347. The van der Waals surface area contributed by atoms with Gasteiger partial charge in [-0.15, -0.1) is 0 Å². The van der Waals surface area contributed by atoms with E-state index in [1.807, 2.05) is 31.2 Å². The fourth-order valence-corrected chi connectivity index (χ4v) is 2.85. The fraction of sp³-hybridized carbons (Fsp3) is 0.238. The first-order chi connectivity index (χ1) is 13.4. The Morgan fingerprint density at radius 2 is 1.96 bits per heavy atom. The van der Waals surface area contributed by atoms with E-state index in [0.717, 1.165) is 12.0 Å². The molecule has 2 aromatic carbocycles. The molecule has 0 saturated carbocycles. The second kappa shape index (κ2) is 10.7. The molecule has 1 N–H and O–H groups in total. The van der Waals surface area contributed by atoms with Crippen LogP contribution in [0.15, 0.2) is 48.5 Å². The van der Waals surface area contributed by atoms with Crippen molar-refractivity contribution in [2.75, 3.05) is 25.5 Å². The van der Waals surface area contributed by atoms with E-state index in [4.69, 9.17) is 27.9 Å². The van der Waals surface area contributed by atoms with E-state index in [1.54, 1.807) is 31.4 Å². The first-order valence-corrected chi connectivity index (χ1v) is 9.54. The van der Waals surface area contributed by atoms with Crippen molar-refractivity contribution in [3.05, 3.63) is 64.1 Å². The number of halogens is 2. The van der Waals surface area contributed by atoms with Crippen LogP contribution in [-0.2, 0) is 9.59 Å². The van der Waals surface area contributed by atoms with Gasteiger partial charge >= 0.3 is 0 Å². The molecule has 0 saturated heterocycles. The van der Waals surface area contributed by atoms with Crippen LogP contribution in [0.5, 0.6) is 5.75 Å². The fourth-order valence-electron chi connectivity index (χ4n) is 2.51. The third-order valence-corrected chi connectivity index (χ3v) is 4.42. The van der Waals surface area contributed by atoms with Gasteiger partial charge in [-0.25, -0.2) is 0 Å². The first kappa shape index (κ1) is 21.8. The van der Waals surface area contributed by atoms with Gasteiger partial charge in [0.1, 0.15) is 12.3 Å². The van der Waals surface area contributed by atoms with Crippen LogP contribution in [0.4, 0.5) is 5.69 Å². The molecule has 148 valence electrons. The lowest BCUT2D eigenvalue weighted by molar-refractivity contribution is -0.130. The van der Waals surface area contributed by atoms with Crippen molar-refractivity contribution < 1.29 is 14.3 Å². The zero-order valence-corrected chi connectivity index (χ0v) is 17.3. The highest BCUT2D eigenvalue weighted by atomic mass is 35.5. The van der Waals surface area contributed by atoms with E-state index < -0.39 is 0 Å². The Balaban J connectivity index is 2.04. The molecule has 0 aliphatic heterocycles. The summed E-state index contributed by atoms with van der Waals surface area (Å²) in [6.07, 6.45) is 3.87. The topological polar surface area (TPSA) is 58.6 Å². The van der Waals surface area contributed by atoms with Crippen LogP contribution in [0.3, 0.4) is 0 Å². The highest BCUT2D eigenvalue weighted by molar-refractivity contribution is 6.35. The maximum atomic E-state index is 12.6. The Morgan fingerprint density at radius 1 is 1.18 bits per heavy atom. The molecule has 0 unspecified atom stereocenters. The van der Waals surface area contributed by atoms with Crippen molar-refractivity contribution in [1.29, 1.82) is 0 Å². The standard InChI is InChI=1S/C21H22Cl2N2O3/c1-3-11-25(14-20(26)24-19-13-16(22)8-9-18(19)23)21(27)10-7-15-5-4-6-17(12-15)28-2/h4-10,12-13H,3,11,14H2,1-2H3,(H,24,26)/b10-7+. The number of methoxy groups -OCH3 is 1. The zero-order chi connectivity index (χ0) is 20.5. The minimum Gasteiger partial charge on any atom is -0.497 e. The number of benzene rings is 2. The second-order valence-corrected chi connectivity index (χ2v) is 6.89. The molecule has 0 fully saturated rings. The van der Waals surface area contributed by atoms with Gasteiger partial charge in [-0.05, 0) is 48.4 Å². The van der Waals surface area contributed by atoms with Gasteiger partial charge < -0.3 is 15.0 Å². The van der Waals surface area contributed by atoms with E-state index in [9.17, 15) is 9.59 Å². The van der Waals surface area contributed by atoms with Crippen LogP contribution < -0.4 is 10.1 Å². The number of hydrogen-bond donors (Lipinski definition) is 1. The lowest BCUT2D eigenvalue weighted by Crippen LogP contribution is -2.37. The van der Waals surface area contributed by atoms with Crippen molar-refractivity contribution >= 4 is 46.8 Å². The second-order valence-electron chi connectivity index (χ2n) is 6.04. The molecule has 5 nitrogen and oxygen atoms in total. The Morgan fingerprint density at radius 3 is 2.68 bits per heavy atom. The maximum absolute atomic E-state index is 12.6. The van der Waals surface area contributed by atoms with Crippen LogP contribution in [0.2, 0.25) is 10.0 Å². The lowest BCUT2D eigenvalue weighted by atomic mass is 10.2. The summed E-state index contributed by atoms with van der Waals surface area (Å²) in [5.74, 6) is 0.107. The van der Waals surface area contributed by atoms with E-state index in [-0.39, 0.29) is 18.4 Å². The molecular weight excluding hydrogens is 399 g/mol. The van der Waals surface area contributed by atoms with Crippen LogP contribution in [0.1, 0.15) is 18.9 Å². The number of anilines is 1. The molecule has 2 rings (SSSR count). The van der Waals surface area contributed by atoms with Gasteiger partial charge in [-0.2, -0.15) is 0 Å². The molecule has 0 bridgehead atoms. The Labute approximate surface area is 174 Å². The smallest absolute Gasteiger partial charge is 0.247 e. The van der Waals surface area contributed by atoms with Crippen LogP contribution >= 0.6 is 23.2 Å². The van der Waals surface area contributed by atoms with Gasteiger partial charge in [-0.1, -0.05) is 42.3 Å². The lowest BCUT2D eigenvalue weighted by Gasteiger charge is -2.20. The number of carbonyl (C=O) groups is 2. The molecule has 0 atom stereocenters. The molecule has 0 aliphatic rings. The zero-order valence-electron chi connectivity index (χ0n) is 15.7. The molecule has 0 aromatic heterocycles. The SMILES string of the molecule is CCCN(CC(=O)Nc1cc(Cl)ccc1Cl)C(=O)/C=C/c1cccc(OC)c1. The normalized spacial score (nSPS) is 10.7. The summed E-state index contributed by atoms with van der Waals surface area (Å²) in [6, 6.07) is 12.2. The van der Waals surface area contributed by atoms with Crippen molar-refractivity contribution in [3.8, 4) is 5.75 Å². The monoisotopic (exact) mass is 420 g/mol. The average molecular weight is 421 g/mol. The number of nitrogens with one attached hydrogen (secondary N) is 1. The molecule has 0 aliphatic carbocycles. The summed E-state index contributed by atoms with van der Waals surface area (Å²) in [5, 5.41) is 3.53. The van der Waals surface area contributed by atoms with Gasteiger partial charge in [0.15, 0.2) is 0 Å². The summed E-state index contributed by atoms with van der Waals surface area (Å²) in [6.45, 7) is 2.31. The summed E-state index contributed by atoms with van der Waals surface area (Å²) < 4.78 is 5.17. The van der Waals surface area contributed by atoms with Crippen molar-refractivity contribution in [2.24, 2.45) is 0 Å². The molecular formula is C21H22Cl2N2O3. The molecule has 28 heavy (non-hydrogen) atoms. The number of amides is 2. The van der Waals surface area contributed by atoms with E-state index in [2.05, 4.69) is 5.32 Å². The summed E-state index contributed by atoms with van der Waals surface area (Å²) in [7, 11) is 1.59. The molecule has 7 heteroatoms. The Kier molecular flexibility index (Phi) is 8.36. The largest absolute Gasteiger partial charge is 0.497 e. The first-order valence-electron chi connectivity index (χ1n) is 8.79. The number of rotatable bonds is 8. The van der Waals surface area contributed by atoms with Gasteiger partial charge in [0.25, 0.3) is 0 Å².